The Morgan fingerprint density at radius 3 is 1.27 bits per heavy atom. The van der Waals surface area contributed by atoms with E-state index in [4.69, 9.17) is 114 Å². The van der Waals surface area contributed by atoms with Crippen LogP contribution in [0.25, 0.3) is 100 Å². The van der Waals surface area contributed by atoms with Gasteiger partial charge in [-0.05, 0) is 90.4 Å². The lowest BCUT2D eigenvalue weighted by molar-refractivity contribution is 0.0786. The van der Waals surface area contributed by atoms with Gasteiger partial charge in [0.1, 0.15) is 70.8 Å². The van der Waals surface area contributed by atoms with Crippen molar-refractivity contribution < 1.29 is 20.9 Å². The second kappa shape index (κ2) is 35.8. The van der Waals surface area contributed by atoms with Crippen LogP contribution in [0.3, 0.4) is 0 Å². The van der Waals surface area contributed by atoms with E-state index in [0.29, 0.717) is 101 Å². The lowest BCUT2D eigenvalue weighted by atomic mass is 9.94. The molecule has 2 unspecified atom stereocenters. The number of aryl methyl sites for hydroxylation is 2. The van der Waals surface area contributed by atoms with Gasteiger partial charge in [0.25, 0.3) is 23.2 Å². The maximum atomic E-state index is 10.5. The average molecular weight is 1740 g/mol. The Bertz CT molecular complexity index is 7140. The molecule has 0 spiro atoms. The second-order valence-corrected chi connectivity index (χ2v) is 29.6. The van der Waals surface area contributed by atoms with E-state index in [2.05, 4.69) is 111 Å². The molecular weight excluding hydrogens is 1660 g/mol. The standard InChI is InChI=1S/C22H19ClN8O.C22H21ClN8O.C21H18ClN9O.C19H15ClN8/c1-12(27-21-19(16(24)8-9-25-21)22-28-13(2)30-32-22)15-10-18-26-11-17(23)31(18)29-20(15)14-6-4-3-5-7-14;1-12(29-21-19(25-4)20(24)27-11-28-21)15-9-17-26-10-16(23)31(17)30-18(15)13-6-5-7-14(8-13)22(2,3)32;1-11(27-20-17(19(23)25-10-26-20)21-29-28-12(2)32-21)14-8-16-24-9-15(22)31(16)30-18(14)13-6-4-3-5-7-13;1-11(26-19-17(22-2)18(21)24-10-25-19)13-8-15-23-9-14(20)28(15)27-16(13)12-6-4-3-5-7-12/h3-12H,1-2H3,(H3,24,25,27);5-12,32H,1-3H3,(H3,24,27,28,29);3-11H,1-2H3,(H3,23,25,26,27);3-11H,1H3,(H3,21,24,25,26)/t12-;;11-;/m0.0./s1/i;;;3D,4D,5D,6D,7D. The minimum atomic E-state index is -1.01. The maximum absolute atomic E-state index is 10.5. The fraction of sp³-hybridized carbons (Fsp3) is 0.155. The molecule has 0 saturated heterocycles. The van der Waals surface area contributed by atoms with Crippen LogP contribution in [-0.4, -0.2) is 119 Å². The first-order valence-corrected chi connectivity index (χ1v) is 39.0. The molecule has 0 bridgehead atoms. The molecule has 40 heteroatoms. The van der Waals surface area contributed by atoms with Gasteiger partial charge in [-0.1, -0.05) is 161 Å². The summed E-state index contributed by atoms with van der Waals surface area (Å²) >= 11 is 25.0. The van der Waals surface area contributed by atoms with Gasteiger partial charge in [-0.15, -0.1) is 10.2 Å². The molecule has 14 aromatic heterocycles. The largest absolute Gasteiger partial charge is 0.421 e. The number of aromatic nitrogens is 23. The quantitative estimate of drug-likeness (QED) is 0.0340. The van der Waals surface area contributed by atoms with E-state index >= 15 is 0 Å². The Kier molecular flexibility index (Phi) is 22.3. The van der Waals surface area contributed by atoms with E-state index < -0.39 is 41.9 Å². The Balaban J connectivity index is 0.000000132. The number of fused-ring (bicyclic) bond motifs is 4. The number of hydrogen-bond acceptors (Lipinski definition) is 30. The molecule has 620 valence electrons. The number of rotatable bonds is 19. The molecule has 124 heavy (non-hydrogen) atoms. The first-order valence-electron chi connectivity index (χ1n) is 40.0. The zero-order valence-electron chi connectivity index (χ0n) is 71.7. The fourth-order valence-electron chi connectivity index (χ4n) is 13.1. The Labute approximate surface area is 732 Å². The molecule has 0 radical (unpaired) electrons. The van der Waals surface area contributed by atoms with Crippen LogP contribution >= 0.6 is 46.4 Å². The summed E-state index contributed by atoms with van der Waals surface area (Å²) in [6, 6.07) is 32.7. The number of hydrogen-bond donors (Lipinski definition) is 9. The van der Waals surface area contributed by atoms with E-state index in [0.717, 1.165) is 50.3 Å². The first kappa shape index (κ1) is 77.2. The van der Waals surface area contributed by atoms with Crippen LogP contribution < -0.4 is 44.2 Å². The highest BCUT2D eigenvalue weighted by Crippen LogP contribution is 2.41. The molecule has 4 atom stereocenters. The predicted octanol–water partition coefficient (Wildman–Crippen LogP) is 17.0. The smallest absolute Gasteiger partial charge is 0.268 e. The summed E-state index contributed by atoms with van der Waals surface area (Å²) in [6.45, 7) is 29.3. The first-order chi connectivity index (χ1) is 61.9. The van der Waals surface area contributed by atoms with Crippen LogP contribution in [0.1, 0.15) is 112 Å². The molecule has 13 N–H and O–H groups in total. The number of nitrogens with zero attached hydrogens (tertiary/aromatic N) is 25. The highest BCUT2D eigenvalue weighted by molar-refractivity contribution is 6.30. The summed E-state index contributed by atoms with van der Waals surface area (Å²) in [5, 5.41) is 55.6. The Morgan fingerprint density at radius 1 is 0.460 bits per heavy atom. The summed E-state index contributed by atoms with van der Waals surface area (Å²) in [5.74, 6) is 3.33. The SMILES string of the molecule is Cc1nnc(-c2c(N)ncnc2N[C@@H](C)c2cc3ncc(Cl)n3nc2-c2ccccc2)o1.Cc1noc(-c2c(N)ccnc2N[C@@H](C)c2cc3ncc(Cl)n3nc2-c2ccccc2)n1.[2H]c1c([2H])c([2H])c(-c2nn3c(Cl)cnc3cc2C(C)Nc2ncnc(N)c2[N+]#[C-])c([2H])c1[2H].[C-]#[N+]c1c(N)ncnc1NC(C)c1cc2ncc(Cl)n2nc1-c1cccc(C(C)(C)O)c1. The van der Waals surface area contributed by atoms with Crippen LogP contribution in [0.5, 0.6) is 0 Å². The molecule has 0 saturated carbocycles. The molecule has 14 heterocycles. The highest BCUT2D eigenvalue weighted by atomic mass is 35.5. The molecular formula is C84H73Cl4N33O3. The van der Waals surface area contributed by atoms with E-state index in [1.54, 1.807) is 78.9 Å². The molecule has 0 fully saturated rings. The minimum Gasteiger partial charge on any atom is -0.421 e. The molecule has 18 aromatic rings. The zero-order chi connectivity index (χ0) is 91.6. The second-order valence-electron chi connectivity index (χ2n) is 28.0. The minimum absolute atomic E-state index is 0.00848. The van der Waals surface area contributed by atoms with Gasteiger partial charge >= 0.3 is 0 Å². The van der Waals surface area contributed by atoms with Crippen molar-refractivity contribution in [1.82, 2.24) is 114 Å². The summed E-state index contributed by atoms with van der Waals surface area (Å²) in [6.07, 6.45) is 11.6. The number of imidazole rings is 4. The predicted molar refractivity (Wildman–Crippen MR) is 474 cm³/mol. The zero-order valence-corrected chi connectivity index (χ0v) is 69.7. The number of nitrogens with one attached hydrogen (secondary N) is 4. The number of aliphatic hydroxyl groups is 1. The number of pyridine rings is 1. The maximum Gasteiger partial charge on any atom is 0.268 e. The normalized spacial score (nSPS) is 12.8. The molecule has 18 rings (SSSR count). The van der Waals surface area contributed by atoms with Crippen molar-refractivity contribution in [2.24, 2.45) is 0 Å². The third-order valence-corrected chi connectivity index (χ3v) is 20.2. The van der Waals surface area contributed by atoms with Crippen molar-refractivity contribution in [1.29, 1.82) is 0 Å². The average Bonchev–Trinajstić information content (AvgIpc) is 1.72. The van der Waals surface area contributed by atoms with Crippen LogP contribution in [0.4, 0.5) is 57.8 Å². The van der Waals surface area contributed by atoms with E-state index in [9.17, 15) is 5.11 Å². The van der Waals surface area contributed by atoms with Crippen molar-refractivity contribution in [2.75, 3.05) is 44.2 Å². The highest BCUT2D eigenvalue weighted by Gasteiger charge is 2.28. The topological polar surface area (TPSA) is 470 Å². The summed E-state index contributed by atoms with van der Waals surface area (Å²) in [4.78, 5) is 57.2. The van der Waals surface area contributed by atoms with Gasteiger partial charge in [0.15, 0.2) is 49.0 Å². The van der Waals surface area contributed by atoms with Crippen molar-refractivity contribution >= 4 is 127 Å². The lowest BCUT2D eigenvalue weighted by Gasteiger charge is -2.21. The third-order valence-electron chi connectivity index (χ3n) is 19.1. The van der Waals surface area contributed by atoms with Crippen molar-refractivity contribution in [3.63, 3.8) is 0 Å². The Morgan fingerprint density at radius 2 is 0.863 bits per heavy atom. The van der Waals surface area contributed by atoms with Crippen LogP contribution in [0, 0.1) is 27.0 Å². The molecule has 0 aliphatic rings. The van der Waals surface area contributed by atoms with E-state index in [1.807, 2.05) is 124 Å². The fourth-order valence-corrected chi connectivity index (χ4v) is 13.8. The Hall–Kier alpha value is -15.5. The van der Waals surface area contributed by atoms with Gasteiger partial charge in [0.2, 0.25) is 5.89 Å². The lowest BCUT2D eigenvalue weighted by Crippen LogP contribution is -2.16. The van der Waals surface area contributed by atoms with E-state index in [-0.39, 0.29) is 75.1 Å². The van der Waals surface area contributed by atoms with Crippen molar-refractivity contribution in [3.8, 4) is 67.9 Å². The summed E-state index contributed by atoms with van der Waals surface area (Å²) in [5.41, 5.74) is 35.5. The molecule has 4 aromatic carbocycles. The number of nitrogen functional groups attached to an aromatic ring is 4. The van der Waals surface area contributed by atoms with Gasteiger partial charge in [-0.25, -0.2) is 82.6 Å². The van der Waals surface area contributed by atoms with Gasteiger partial charge < -0.3 is 58.2 Å². The summed E-state index contributed by atoms with van der Waals surface area (Å²) in [7, 11) is 0. The molecule has 36 nitrogen and oxygen atoms in total. The van der Waals surface area contributed by atoms with Gasteiger partial charge in [-0.2, -0.15) is 25.4 Å². The summed E-state index contributed by atoms with van der Waals surface area (Å²) < 4.78 is 57.7. The van der Waals surface area contributed by atoms with Gasteiger partial charge in [0.05, 0.1) is 97.3 Å². The molecule has 0 aliphatic carbocycles. The van der Waals surface area contributed by atoms with Gasteiger partial charge in [0, 0.05) is 63.3 Å². The van der Waals surface area contributed by atoms with Crippen LogP contribution in [-0.2, 0) is 5.60 Å². The van der Waals surface area contributed by atoms with Gasteiger partial charge in [-0.3, -0.25) is 0 Å². The van der Waals surface area contributed by atoms with Crippen molar-refractivity contribution in [2.45, 2.75) is 85.2 Å². The van der Waals surface area contributed by atoms with Crippen LogP contribution in [0.15, 0.2) is 204 Å². The molecule has 0 aliphatic heterocycles. The third kappa shape index (κ3) is 17.8. The number of benzene rings is 4. The monoisotopic (exact) mass is 1740 g/mol. The molecule has 0 amide bonds. The van der Waals surface area contributed by atoms with Crippen LogP contribution in [0.2, 0.25) is 20.6 Å². The number of anilines is 8. The number of nitrogens with two attached hydrogens (primary N) is 4. The van der Waals surface area contributed by atoms with Crippen molar-refractivity contribution in [3.05, 3.63) is 278 Å². The van der Waals surface area contributed by atoms with E-state index in [1.165, 1.54) is 35.9 Å². The number of halogens is 4.